The molecule has 2 heterocycles. The summed E-state index contributed by atoms with van der Waals surface area (Å²) in [6, 6.07) is 9.26. The summed E-state index contributed by atoms with van der Waals surface area (Å²) in [7, 11) is 0. The Morgan fingerprint density at radius 3 is 2.46 bits per heavy atom. The van der Waals surface area contributed by atoms with Gasteiger partial charge in [0.2, 0.25) is 0 Å². The van der Waals surface area contributed by atoms with E-state index in [1.54, 1.807) is 12.1 Å². The number of nitrogens with zero attached hydrogens (tertiary/aromatic N) is 1. The van der Waals surface area contributed by atoms with Crippen molar-refractivity contribution in [2.24, 2.45) is 0 Å². The number of thiophene rings is 1. The van der Waals surface area contributed by atoms with Crippen LogP contribution in [-0.4, -0.2) is 42.9 Å². The molecule has 126 valence electrons. The van der Waals surface area contributed by atoms with E-state index < -0.39 is 0 Å². The van der Waals surface area contributed by atoms with Crippen LogP contribution in [0.4, 0.5) is 5.00 Å². The summed E-state index contributed by atoms with van der Waals surface area (Å²) in [5, 5.41) is 6.77. The normalized spacial score (nSPS) is 14.5. The Balaban J connectivity index is 1.79. The minimum atomic E-state index is -0.189. The Morgan fingerprint density at radius 1 is 1.12 bits per heavy atom. The maximum absolute atomic E-state index is 12.8. The number of amides is 2. The van der Waals surface area contributed by atoms with Crippen molar-refractivity contribution in [2.45, 2.75) is 13.8 Å². The van der Waals surface area contributed by atoms with Gasteiger partial charge < -0.3 is 15.5 Å². The van der Waals surface area contributed by atoms with Gasteiger partial charge in [-0.3, -0.25) is 9.59 Å². The Morgan fingerprint density at radius 2 is 1.79 bits per heavy atom. The Bertz CT molecular complexity index is 746. The minimum Gasteiger partial charge on any atom is -0.336 e. The molecule has 6 heteroatoms. The van der Waals surface area contributed by atoms with Crippen LogP contribution in [0.1, 0.15) is 31.2 Å². The predicted octanol–water partition coefficient (Wildman–Crippen LogP) is 2.66. The second kappa shape index (κ2) is 7.15. The largest absolute Gasteiger partial charge is 0.336 e. The van der Waals surface area contributed by atoms with E-state index in [2.05, 4.69) is 10.6 Å². The third-order valence-corrected chi connectivity index (χ3v) is 5.00. The van der Waals surface area contributed by atoms with Crippen molar-refractivity contribution in [1.82, 2.24) is 10.2 Å². The lowest BCUT2D eigenvalue weighted by atomic mass is 10.1. The molecule has 1 aromatic carbocycles. The first-order chi connectivity index (χ1) is 11.5. The lowest BCUT2D eigenvalue weighted by molar-refractivity contribution is 0.0737. The van der Waals surface area contributed by atoms with Crippen LogP contribution < -0.4 is 10.6 Å². The molecule has 2 N–H and O–H groups in total. The molecule has 0 atom stereocenters. The van der Waals surface area contributed by atoms with E-state index in [4.69, 9.17) is 0 Å². The molecule has 0 spiro atoms. The summed E-state index contributed by atoms with van der Waals surface area (Å²) in [5.74, 6) is -0.203. The fourth-order valence-corrected chi connectivity index (χ4v) is 3.58. The van der Waals surface area contributed by atoms with Gasteiger partial charge in [-0.05, 0) is 32.0 Å². The molecule has 0 saturated carbocycles. The molecule has 0 radical (unpaired) electrons. The highest BCUT2D eigenvalue weighted by Gasteiger charge is 2.23. The zero-order valence-electron chi connectivity index (χ0n) is 13.9. The Labute approximate surface area is 145 Å². The number of carbonyl (C=O) groups excluding carboxylic acids is 2. The van der Waals surface area contributed by atoms with Gasteiger partial charge in [0.15, 0.2) is 0 Å². The van der Waals surface area contributed by atoms with Crippen molar-refractivity contribution in [2.75, 3.05) is 31.5 Å². The van der Waals surface area contributed by atoms with Crippen LogP contribution in [0.15, 0.2) is 30.3 Å². The summed E-state index contributed by atoms with van der Waals surface area (Å²) in [5.41, 5.74) is 2.28. The monoisotopic (exact) mass is 343 g/mol. The SMILES string of the molecule is Cc1ccc(C(=O)Nc2sc(C)cc2C(=O)N2CCNCC2)cc1. The highest BCUT2D eigenvalue weighted by molar-refractivity contribution is 7.16. The van der Waals surface area contributed by atoms with E-state index in [0.29, 0.717) is 29.2 Å². The van der Waals surface area contributed by atoms with Crippen molar-refractivity contribution in [3.8, 4) is 0 Å². The van der Waals surface area contributed by atoms with Crippen molar-refractivity contribution >= 4 is 28.2 Å². The molecule has 3 rings (SSSR count). The molecule has 1 aliphatic heterocycles. The fourth-order valence-electron chi connectivity index (χ4n) is 2.68. The van der Waals surface area contributed by atoms with E-state index in [9.17, 15) is 9.59 Å². The number of nitrogens with one attached hydrogen (secondary N) is 2. The molecule has 24 heavy (non-hydrogen) atoms. The average Bonchev–Trinajstić information content (AvgIpc) is 2.96. The molecule has 1 fully saturated rings. The lowest BCUT2D eigenvalue weighted by Gasteiger charge is -2.27. The highest BCUT2D eigenvalue weighted by Crippen LogP contribution is 2.29. The van der Waals surface area contributed by atoms with Gasteiger partial charge in [-0.2, -0.15) is 0 Å². The van der Waals surface area contributed by atoms with Crippen LogP contribution in [0.25, 0.3) is 0 Å². The number of benzene rings is 1. The van der Waals surface area contributed by atoms with Gasteiger partial charge in [0.1, 0.15) is 5.00 Å². The second-order valence-electron chi connectivity index (χ2n) is 5.96. The number of carbonyl (C=O) groups is 2. The topological polar surface area (TPSA) is 61.4 Å². The van der Waals surface area contributed by atoms with Crippen LogP contribution in [0.2, 0.25) is 0 Å². The molecule has 0 bridgehead atoms. The third kappa shape index (κ3) is 3.66. The number of rotatable bonds is 3. The maximum atomic E-state index is 12.8. The zero-order valence-corrected chi connectivity index (χ0v) is 14.7. The van der Waals surface area contributed by atoms with Gasteiger partial charge in [-0.1, -0.05) is 17.7 Å². The van der Waals surface area contributed by atoms with Crippen LogP contribution in [-0.2, 0) is 0 Å². The van der Waals surface area contributed by atoms with E-state index in [1.807, 2.05) is 36.9 Å². The predicted molar refractivity (Wildman–Crippen MR) is 97.0 cm³/mol. The average molecular weight is 343 g/mol. The molecule has 0 aliphatic carbocycles. The van der Waals surface area contributed by atoms with Gasteiger partial charge in [0.25, 0.3) is 11.8 Å². The van der Waals surface area contributed by atoms with E-state index >= 15 is 0 Å². The molecular formula is C18H21N3O2S. The molecular weight excluding hydrogens is 322 g/mol. The van der Waals surface area contributed by atoms with Crippen molar-refractivity contribution in [1.29, 1.82) is 0 Å². The van der Waals surface area contributed by atoms with Gasteiger partial charge in [-0.15, -0.1) is 11.3 Å². The highest BCUT2D eigenvalue weighted by atomic mass is 32.1. The van der Waals surface area contributed by atoms with Gasteiger partial charge >= 0.3 is 0 Å². The molecule has 2 amide bonds. The maximum Gasteiger partial charge on any atom is 0.256 e. The third-order valence-electron chi connectivity index (χ3n) is 4.03. The van der Waals surface area contributed by atoms with Crippen molar-refractivity contribution in [3.63, 3.8) is 0 Å². The molecule has 5 nitrogen and oxygen atoms in total. The molecule has 1 aliphatic rings. The lowest BCUT2D eigenvalue weighted by Crippen LogP contribution is -2.46. The van der Waals surface area contributed by atoms with Crippen LogP contribution in [0, 0.1) is 13.8 Å². The van der Waals surface area contributed by atoms with Gasteiger partial charge in [-0.25, -0.2) is 0 Å². The smallest absolute Gasteiger partial charge is 0.256 e. The standard InChI is InChI=1S/C18H21N3O2S/c1-12-3-5-14(6-4-12)16(22)20-17-15(11-13(2)24-17)18(23)21-9-7-19-8-10-21/h3-6,11,19H,7-10H2,1-2H3,(H,20,22). The zero-order chi connectivity index (χ0) is 17.1. The van der Waals surface area contributed by atoms with Crippen molar-refractivity contribution in [3.05, 3.63) is 51.9 Å². The number of hydrogen-bond acceptors (Lipinski definition) is 4. The summed E-state index contributed by atoms with van der Waals surface area (Å²) < 4.78 is 0. The van der Waals surface area contributed by atoms with Gasteiger partial charge in [0, 0.05) is 36.6 Å². The molecule has 0 unspecified atom stereocenters. The summed E-state index contributed by atoms with van der Waals surface area (Å²) in [6.45, 7) is 6.92. The van der Waals surface area contributed by atoms with E-state index in [1.165, 1.54) is 11.3 Å². The molecule has 1 aromatic heterocycles. The van der Waals surface area contributed by atoms with Crippen molar-refractivity contribution < 1.29 is 9.59 Å². The first kappa shape index (κ1) is 16.7. The quantitative estimate of drug-likeness (QED) is 0.901. The van der Waals surface area contributed by atoms with Crippen LogP contribution in [0.5, 0.6) is 0 Å². The number of hydrogen-bond donors (Lipinski definition) is 2. The Hall–Kier alpha value is -2.18. The first-order valence-electron chi connectivity index (χ1n) is 8.03. The minimum absolute atomic E-state index is 0.0138. The van der Waals surface area contributed by atoms with Crippen LogP contribution in [0.3, 0.4) is 0 Å². The molecule has 2 aromatic rings. The fraction of sp³-hybridized carbons (Fsp3) is 0.333. The molecule has 1 saturated heterocycles. The summed E-state index contributed by atoms with van der Waals surface area (Å²) >= 11 is 1.44. The summed E-state index contributed by atoms with van der Waals surface area (Å²) in [6.07, 6.45) is 0. The number of piperazine rings is 1. The van der Waals surface area contributed by atoms with Crippen LogP contribution >= 0.6 is 11.3 Å². The van der Waals surface area contributed by atoms with Gasteiger partial charge in [0.05, 0.1) is 5.56 Å². The second-order valence-corrected chi connectivity index (χ2v) is 7.22. The number of anilines is 1. The van der Waals surface area contributed by atoms with E-state index in [0.717, 1.165) is 23.5 Å². The summed E-state index contributed by atoms with van der Waals surface area (Å²) in [4.78, 5) is 28.0. The van der Waals surface area contributed by atoms with E-state index in [-0.39, 0.29) is 11.8 Å². The number of aryl methyl sites for hydroxylation is 2. The Kier molecular flexibility index (Phi) is 4.97. The first-order valence-corrected chi connectivity index (χ1v) is 8.84.